The summed E-state index contributed by atoms with van der Waals surface area (Å²) < 4.78 is 4.82. The Labute approximate surface area is 71.9 Å². The van der Waals surface area contributed by atoms with E-state index >= 15 is 0 Å². The predicted octanol–water partition coefficient (Wildman–Crippen LogP) is 1.72. The molecule has 1 heterocycles. The zero-order valence-corrected chi connectivity index (χ0v) is 7.23. The molecule has 1 saturated heterocycles. The highest BCUT2D eigenvalue weighted by atomic mass is 32.1. The lowest BCUT2D eigenvalue weighted by Gasteiger charge is -2.01. The Kier molecular flexibility index (Phi) is 3.49. The predicted molar refractivity (Wildman–Crippen MR) is 46.6 cm³/mol. The quantitative estimate of drug-likeness (QED) is 0.367. The SMILES string of the molecule is O=C1OCCC1CCCC=S. The second kappa shape index (κ2) is 4.44. The molecule has 1 aliphatic rings. The molecule has 1 unspecified atom stereocenters. The van der Waals surface area contributed by atoms with Crippen LogP contribution in [0.4, 0.5) is 0 Å². The van der Waals surface area contributed by atoms with Gasteiger partial charge < -0.3 is 4.74 Å². The van der Waals surface area contributed by atoms with Crippen LogP contribution in [0.1, 0.15) is 25.7 Å². The smallest absolute Gasteiger partial charge is 0.309 e. The van der Waals surface area contributed by atoms with E-state index in [1.807, 2.05) is 0 Å². The summed E-state index contributed by atoms with van der Waals surface area (Å²) in [5.74, 6) is 0.138. The minimum atomic E-state index is -0.0191. The van der Waals surface area contributed by atoms with Crippen LogP contribution in [0, 0.1) is 5.92 Å². The Morgan fingerprint density at radius 3 is 3.09 bits per heavy atom. The minimum absolute atomic E-state index is 0.0191. The number of thiocarbonyl (C=S) groups is 1. The van der Waals surface area contributed by atoms with Gasteiger partial charge in [0.15, 0.2) is 0 Å². The minimum Gasteiger partial charge on any atom is -0.465 e. The maximum absolute atomic E-state index is 10.9. The molecule has 0 aromatic rings. The molecule has 2 nitrogen and oxygen atoms in total. The highest BCUT2D eigenvalue weighted by Crippen LogP contribution is 2.19. The van der Waals surface area contributed by atoms with Crippen LogP contribution in [-0.4, -0.2) is 17.9 Å². The number of hydrogen-bond donors (Lipinski definition) is 0. The number of hydrogen-bond acceptors (Lipinski definition) is 3. The molecule has 3 heteroatoms. The van der Waals surface area contributed by atoms with E-state index in [0.29, 0.717) is 6.61 Å². The van der Waals surface area contributed by atoms with Gasteiger partial charge in [0.25, 0.3) is 0 Å². The number of carbonyl (C=O) groups excluding carboxylic acids is 1. The van der Waals surface area contributed by atoms with E-state index in [1.165, 1.54) is 0 Å². The molecule has 0 spiro atoms. The summed E-state index contributed by atoms with van der Waals surface area (Å²) in [5, 5.41) is 1.72. The van der Waals surface area contributed by atoms with Crippen LogP contribution in [-0.2, 0) is 9.53 Å². The Bertz CT molecular complexity index is 156. The average Bonchev–Trinajstić information content (AvgIpc) is 2.37. The van der Waals surface area contributed by atoms with Crippen molar-refractivity contribution < 1.29 is 9.53 Å². The molecule has 0 saturated carbocycles. The summed E-state index contributed by atoms with van der Waals surface area (Å²) in [6.07, 6.45) is 3.78. The van der Waals surface area contributed by atoms with Gasteiger partial charge in [0, 0.05) is 0 Å². The van der Waals surface area contributed by atoms with Crippen molar-refractivity contribution in [2.45, 2.75) is 25.7 Å². The number of cyclic esters (lactones) is 1. The van der Waals surface area contributed by atoms with Crippen molar-refractivity contribution in [3.8, 4) is 0 Å². The van der Waals surface area contributed by atoms with Crippen molar-refractivity contribution in [3.05, 3.63) is 0 Å². The molecule has 0 aliphatic carbocycles. The molecule has 0 aromatic heterocycles. The fourth-order valence-electron chi connectivity index (χ4n) is 1.25. The second-order valence-electron chi connectivity index (χ2n) is 2.75. The summed E-state index contributed by atoms with van der Waals surface area (Å²) in [6, 6.07) is 0. The maximum Gasteiger partial charge on any atom is 0.309 e. The monoisotopic (exact) mass is 172 g/mol. The third-order valence-corrected chi connectivity index (χ3v) is 2.15. The van der Waals surface area contributed by atoms with Gasteiger partial charge in [-0.25, -0.2) is 0 Å². The Balaban J connectivity index is 2.15. The van der Waals surface area contributed by atoms with Crippen molar-refractivity contribution in [1.29, 1.82) is 0 Å². The summed E-state index contributed by atoms with van der Waals surface area (Å²) >= 11 is 4.68. The third kappa shape index (κ3) is 2.58. The first-order chi connectivity index (χ1) is 5.34. The fourth-order valence-corrected chi connectivity index (χ4v) is 1.41. The van der Waals surface area contributed by atoms with E-state index in [9.17, 15) is 4.79 Å². The first-order valence-electron chi connectivity index (χ1n) is 3.95. The molecule has 0 radical (unpaired) electrons. The number of esters is 1. The highest BCUT2D eigenvalue weighted by Gasteiger charge is 2.25. The molecule has 11 heavy (non-hydrogen) atoms. The molecule has 0 bridgehead atoms. The molecular weight excluding hydrogens is 160 g/mol. The first kappa shape index (κ1) is 8.65. The molecule has 1 rings (SSSR count). The zero-order chi connectivity index (χ0) is 8.10. The van der Waals surface area contributed by atoms with Crippen LogP contribution >= 0.6 is 12.2 Å². The standard InChI is InChI=1S/C8H12O2S/c9-8-7(4-5-10-8)3-1-2-6-11/h6-7H,1-5H2. The van der Waals surface area contributed by atoms with Crippen LogP contribution in [0.5, 0.6) is 0 Å². The fraction of sp³-hybridized carbons (Fsp3) is 0.750. The Morgan fingerprint density at radius 2 is 2.55 bits per heavy atom. The van der Waals surface area contributed by atoms with E-state index < -0.39 is 0 Å². The van der Waals surface area contributed by atoms with Crippen LogP contribution in [0.2, 0.25) is 0 Å². The molecule has 62 valence electrons. The van der Waals surface area contributed by atoms with E-state index in [4.69, 9.17) is 4.74 Å². The van der Waals surface area contributed by atoms with Crippen molar-refractivity contribution in [3.63, 3.8) is 0 Å². The van der Waals surface area contributed by atoms with Gasteiger partial charge in [0.1, 0.15) is 0 Å². The first-order valence-corrected chi connectivity index (χ1v) is 4.42. The van der Waals surface area contributed by atoms with Crippen LogP contribution in [0.3, 0.4) is 0 Å². The molecule has 0 amide bonds. The van der Waals surface area contributed by atoms with Crippen molar-refractivity contribution >= 4 is 23.6 Å². The number of ether oxygens (including phenoxy) is 1. The second-order valence-corrected chi connectivity index (χ2v) is 3.08. The molecular formula is C8H12O2S. The van der Waals surface area contributed by atoms with Gasteiger partial charge in [0.05, 0.1) is 12.5 Å². The Hall–Kier alpha value is -0.440. The van der Waals surface area contributed by atoms with Gasteiger partial charge in [-0.15, -0.1) is 0 Å². The van der Waals surface area contributed by atoms with Gasteiger partial charge in [-0.3, -0.25) is 4.79 Å². The van der Waals surface area contributed by atoms with Gasteiger partial charge >= 0.3 is 5.97 Å². The normalized spacial score (nSPS) is 23.3. The van der Waals surface area contributed by atoms with Crippen LogP contribution in [0.15, 0.2) is 0 Å². The van der Waals surface area contributed by atoms with E-state index in [1.54, 1.807) is 5.37 Å². The summed E-state index contributed by atoms with van der Waals surface area (Å²) in [4.78, 5) is 10.9. The van der Waals surface area contributed by atoms with E-state index in [-0.39, 0.29) is 11.9 Å². The number of rotatable bonds is 4. The largest absolute Gasteiger partial charge is 0.465 e. The van der Waals surface area contributed by atoms with Gasteiger partial charge in [-0.2, -0.15) is 0 Å². The van der Waals surface area contributed by atoms with Crippen molar-refractivity contribution in [1.82, 2.24) is 0 Å². The topological polar surface area (TPSA) is 26.3 Å². The summed E-state index contributed by atoms with van der Waals surface area (Å²) in [7, 11) is 0. The molecule has 1 aliphatic heterocycles. The van der Waals surface area contributed by atoms with E-state index in [0.717, 1.165) is 25.7 Å². The third-order valence-electron chi connectivity index (χ3n) is 1.92. The van der Waals surface area contributed by atoms with Crippen molar-refractivity contribution in [2.75, 3.05) is 6.61 Å². The number of carbonyl (C=O) groups is 1. The van der Waals surface area contributed by atoms with Gasteiger partial charge in [-0.05, 0) is 31.1 Å². The lowest BCUT2D eigenvalue weighted by Crippen LogP contribution is -2.06. The van der Waals surface area contributed by atoms with Gasteiger partial charge in [-0.1, -0.05) is 12.2 Å². The molecule has 1 fully saturated rings. The molecule has 1 atom stereocenters. The van der Waals surface area contributed by atoms with Crippen LogP contribution in [0.25, 0.3) is 0 Å². The molecule has 0 N–H and O–H groups in total. The zero-order valence-electron chi connectivity index (χ0n) is 6.41. The molecule has 0 aromatic carbocycles. The average molecular weight is 172 g/mol. The lowest BCUT2D eigenvalue weighted by atomic mass is 10.0. The maximum atomic E-state index is 10.9. The highest BCUT2D eigenvalue weighted by molar-refractivity contribution is 7.78. The van der Waals surface area contributed by atoms with E-state index in [2.05, 4.69) is 12.2 Å². The number of unbranched alkanes of at least 4 members (excludes halogenated alkanes) is 1. The summed E-state index contributed by atoms with van der Waals surface area (Å²) in [6.45, 7) is 0.612. The summed E-state index contributed by atoms with van der Waals surface area (Å²) in [5.41, 5.74) is 0. The Morgan fingerprint density at radius 1 is 1.73 bits per heavy atom. The van der Waals surface area contributed by atoms with Crippen LogP contribution < -0.4 is 0 Å². The lowest BCUT2D eigenvalue weighted by molar-refractivity contribution is -0.141. The van der Waals surface area contributed by atoms with Gasteiger partial charge in [0.2, 0.25) is 0 Å². The van der Waals surface area contributed by atoms with Crippen molar-refractivity contribution in [2.24, 2.45) is 5.92 Å².